The molecule has 2 aromatic rings. The van der Waals surface area contributed by atoms with Crippen molar-refractivity contribution >= 4 is 15.8 Å². The lowest BCUT2D eigenvalue weighted by Crippen LogP contribution is -2.45. The Morgan fingerprint density at radius 3 is 2.45 bits per heavy atom. The Balaban J connectivity index is 1.23. The van der Waals surface area contributed by atoms with Crippen LogP contribution in [-0.4, -0.2) is 38.4 Å². The number of hydrazine groups is 1. The SMILES string of the molecule is O=C(c1ccc(OCCC[C@H]2CCCN2NS(=O)(=O)c2ccc(F)cc2)cc1)C1CC1. The molecule has 2 aliphatic rings. The van der Waals surface area contributed by atoms with Crippen LogP contribution in [0.15, 0.2) is 53.4 Å². The van der Waals surface area contributed by atoms with E-state index < -0.39 is 15.8 Å². The summed E-state index contributed by atoms with van der Waals surface area (Å²) in [5.74, 6) is 0.687. The molecule has 1 aliphatic carbocycles. The normalized spacial score (nSPS) is 19.5. The third-order valence-corrected chi connectivity index (χ3v) is 7.14. The van der Waals surface area contributed by atoms with Crippen molar-refractivity contribution < 1.29 is 22.3 Å². The van der Waals surface area contributed by atoms with Gasteiger partial charge < -0.3 is 4.74 Å². The predicted octanol–water partition coefficient (Wildman–Crippen LogP) is 3.94. The number of ether oxygens (including phenoxy) is 1. The van der Waals surface area contributed by atoms with Gasteiger partial charge in [-0.05, 0) is 87.1 Å². The molecular formula is C23H27FN2O4S. The van der Waals surface area contributed by atoms with Gasteiger partial charge in [-0.1, -0.05) is 0 Å². The monoisotopic (exact) mass is 446 g/mol. The number of ketones is 1. The molecule has 0 amide bonds. The predicted molar refractivity (Wildman–Crippen MR) is 115 cm³/mol. The number of nitrogens with one attached hydrogen (secondary N) is 1. The first-order chi connectivity index (χ1) is 14.9. The van der Waals surface area contributed by atoms with E-state index in [4.69, 9.17) is 4.74 Å². The van der Waals surface area contributed by atoms with Crippen molar-refractivity contribution in [2.75, 3.05) is 13.2 Å². The molecule has 2 aromatic carbocycles. The van der Waals surface area contributed by atoms with Crippen LogP contribution in [0.5, 0.6) is 5.75 Å². The number of hydrogen-bond acceptors (Lipinski definition) is 5. The highest BCUT2D eigenvalue weighted by molar-refractivity contribution is 7.89. The van der Waals surface area contributed by atoms with Gasteiger partial charge in [0.25, 0.3) is 10.0 Å². The number of hydrogen-bond donors (Lipinski definition) is 1. The molecule has 6 nitrogen and oxygen atoms in total. The summed E-state index contributed by atoms with van der Waals surface area (Å²) in [4.78, 5) is 14.7. The van der Waals surface area contributed by atoms with Crippen LogP contribution in [0.4, 0.5) is 4.39 Å². The number of carbonyl (C=O) groups excluding carboxylic acids is 1. The van der Waals surface area contributed by atoms with Crippen LogP contribution >= 0.6 is 0 Å². The van der Waals surface area contributed by atoms with E-state index >= 15 is 0 Å². The zero-order chi connectivity index (χ0) is 21.8. The van der Waals surface area contributed by atoms with E-state index in [0.29, 0.717) is 13.2 Å². The zero-order valence-corrected chi connectivity index (χ0v) is 18.1. The summed E-state index contributed by atoms with van der Waals surface area (Å²) in [5, 5.41) is 1.76. The molecule has 2 fully saturated rings. The summed E-state index contributed by atoms with van der Waals surface area (Å²) >= 11 is 0. The summed E-state index contributed by atoms with van der Waals surface area (Å²) in [5.41, 5.74) is 0.741. The highest BCUT2D eigenvalue weighted by Crippen LogP contribution is 2.33. The lowest BCUT2D eigenvalue weighted by atomic mass is 10.1. The van der Waals surface area contributed by atoms with E-state index in [1.807, 2.05) is 24.3 Å². The number of benzene rings is 2. The largest absolute Gasteiger partial charge is 0.494 e. The molecule has 1 aliphatic heterocycles. The minimum atomic E-state index is -3.73. The van der Waals surface area contributed by atoms with Gasteiger partial charge in [-0.15, -0.1) is 4.83 Å². The van der Waals surface area contributed by atoms with Gasteiger partial charge in [-0.2, -0.15) is 0 Å². The third-order valence-electron chi connectivity index (χ3n) is 5.78. The van der Waals surface area contributed by atoms with Gasteiger partial charge >= 0.3 is 0 Å². The van der Waals surface area contributed by atoms with Crippen LogP contribution in [0, 0.1) is 11.7 Å². The van der Waals surface area contributed by atoms with Gasteiger partial charge in [0.05, 0.1) is 11.5 Å². The fourth-order valence-electron chi connectivity index (χ4n) is 3.88. The van der Waals surface area contributed by atoms with Crippen LogP contribution in [0.3, 0.4) is 0 Å². The second-order valence-corrected chi connectivity index (χ2v) is 9.85. The van der Waals surface area contributed by atoms with Crippen LogP contribution in [0.25, 0.3) is 0 Å². The molecule has 0 bridgehead atoms. The number of halogens is 1. The van der Waals surface area contributed by atoms with Gasteiger partial charge in [0.2, 0.25) is 0 Å². The van der Waals surface area contributed by atoms with Crippen molar-refractivity contribution in [1.82, 2.24) is 9.84 Å². The maximum absolute atomic E-state index is 13.1. The summed E-state index contributed by atoms with van der Waals surface area (Å²) in [6, 6.07) is 12.2. The zero-order valence-electron chi connectivity index (χ0n) is 17.3. The van der Waals surface area contributed by atoms with Gasteiger partial charge in [0.15, 0.2) is 5.78 Å². The summed E-state index contributed by atoms with van der Waals surface area (Å²) in [7, 11) is -3.73. The average molecular weight is 447 g/mol. The maximum atomic E-state index is 13.1. The lowest BCUT2D eigenvalue weighted by molar-refractivity contribution is 0.0967. The molecule has 1 heterocycles. The van der Waals surface area contributed by atoms with Gasteiger partial charge in [-0.25, -0.2) is 17.8 Å². The van der Waals surface area contributed by atoms with Crippen molar-refractivity contribution in [1.29, 1.82) is 0 Å². The minimum Gasteiger partial charge on any atom is -0.494 e. The van der Waals surface area contributed by atoms with Crippen LogP contribution < -0.4 is 9.57 Å². The summed E-state index contributed by atoms with van der Waals surface area (Å²) in [6.45, 7) is 1.16. The Hall–Kier alpha value is -2.29. The van der Waals surface area contributed by atoms with E-state index in [9.17, 15) is 17.6 Å². The Morgan fingerprint density at radius 2 is 1.77 bits per heavy atom. The van der Waals surface area contributed by atoms with Crippen molar-refractivity contribution in [3.8, 4) is 5.75 Å². The van der Waals surface area contributed by atoms with E-state index in [1.165, 1.54) is 12.1 Å². The van der Waals surface area contributed by atoms with Crippen molar-refractivity contribution in [3.05, 3.63) is 59.9 Å². The highest BCUT2D eigenvalue weighted by Gasteiger charge is 2.30. The highest BCUT2D eigenvalue weighted by atomic mass is 32.2. The molecule has 1 saturated carbocycles. The van der Waals surface area contributed by atoms with Crippen molar-refractivity contribution in [2.45, 2.75) is 49.5 Å². The van der Waals surface area contributed by atoms with Crippen LogP contribution in [0.1, 0.15) is 48.9 Å². The van der Waals surface area contributed by atoms with Gasteiger partial charge in [0.1, 0.15) is 11.6 Å². The summed E-state index contributed by atoms with van der Waals surface area (Å²) in [6.07, 6.45) is 5.38. The molecular weight excluding hydrogens is 419 g/mol. The van der Waals surface area contributed by atoms with E-state index in [0.717, 1.165) is 62.0 Å². The molecule has 8 heteroatoms. The first-order valence-corrected chi connectivity index (χ1v) is 12.2. The second kappa shape index (κ2) is 9.46. The summed E-state index contributed by atoms with van der Waals surface area (Å²) < 4.78 is 44.0. The molecule has 0 unspecified atom stereocenters. The molecule has 4 rings (SSSR count). The third kappa shape index (κ3) is 5.70. The van der Waals surface area contributed by atoms with Crippen LogP contribution in [-0.2, 0) is 10.0 Å². The van der Waals surface area contributed by atoms with E-state index in [2.05, 4.69) is 4.83 Å². The minimum absolute atomic E-state index is 0.0477. The van der Waals surface area contributed by atoms with E-state index in [-0.39, 0.29) is 22.6 Å². The molecule has 1 saturated heterocycles. The number of sulfonamides is 1. The second-order valence-electron chi connectivity index (χ2n) is 8.19. The Morgan fingerprint density at radius 1 is 1.06 bits per heavy atom. The Labute approximate surface area is 182 Å². The molecule has 166 valence electrons. The smallest absolute Gasteiger partial charge is 0.253 e. The maximum Gasteiger partial charge on any atom is 0.253 e. The lowest BCUT2D eigenvalue weighted by Gasteiger charge is -2.25. The van der Waals surface area contributed by atoms with Crippen LogP contribution in [0.2, 0.25) is 0 Å². The van der Waals surface area contributed by atoms with E-state index in [1.54, 1.807) is 5.01 Å². The molecule has 0 spiro atoms. The number of Topliss-reactive ketones (excluding diaryl/α,β-unsaturated/α-hetero) is 1. The number of nitrogens with zero attached hydrogens (tertiary/aromatic N) is 1. The molecule has 0 radical (unpaired) electrons. The standard InChI is InChI=1S/C23H27FN2O4S/c24-19-9-13-22(14-10-19)31(28,29)25-26-15-1-3-20(26)4-2-16-30-21-11-7-18(8-12-21)23(27)17-5-6-17/h7-14,17,20,25H,1-6,15-16H2/t20-/m1/s1. The first-order valence-electron chi connectivity index (χ1n) is 10.7. The number of rotatable bonds is 10. The van der Waals surface area contributed by atoms with Crippen molar-refractivity contribution in [2.24, 2.45) is 5.92 Å². The number of carbonyl (C=O) groups is 1. The molecule has 1 N–H and O–H groups in total. The molecule has 1 atom stereocenters. The topological polar surface area (TPSA) is 75.7 Å². The average Bonchev–Trinajstić information content (AvgIpc) is 3.52. The Bertz CT molecular complexity index is 1000. The quantitative estimate of drug-likeness (QED) is 0.442. The fourth-order valence-corrected chi connectivity index (χ4v) is 5.03. The molecule has 0 aromatic heterocycles. The fraction of sp³-hybridized carbons (Fsp3) is 0.435. The Kier molecular flexibility index (Phi) is 6.69. The van der Waals surface area contributed by atoms with Gasteiger partial charge in [-0.3, -0.25) is 4.79 Å². The molecule has 31 heavy (non-hydrogen) atoms. The van der Waals surface area contributed by atoms with Gasteiger partial charge in [0, 0.05) is 24.1 Å². The first kappa shape index (κ1) is 21.9. The van der Waals surface area contributed by atoms with Crippen molar-refractivity contribution in [3.63, 3.8) is 0 Å².